The van der Waals surface area contributed by atoms with Gasteiger partial charge in [-0.05, 0) is 42.2 Å². The Bertz CT molecular complexity index is 1310. The number of aromatic nitrogens is 1. The molecule has 1 aliphatic heterocycles. The van der Waals surface area contributed by atoms with Gasteiger partial charge >= 0.3 is 0 Å². The number of nitrogens with zero attached hydrogens (tertiary/aromatic N) is 3. The number of piperazine rings is 1. The van der Waals surface area contributed by atoms with Gasteiger partial charge in [0.05, 0.1) is 10.4 Å². The standard InChI is InChI=1S/C23H27N3O4S2/c1-3-18(2)19-9-11-21(12-10-19)31(27,28)25-14-16-26(17-15-25)32(29,30)22-8-4-6-20-7-5-13-24-23(20)22/h4-13,18H,3,14-17H2,1-2H3. The van der Waals surface area contributed by atoms with Crippen molar-refractivity contribution in [3.8, 4) is 0 Å². The van der Waals surface area contributed by atoms with Crippen molar-refractivity contribution < 1.29 is 16.8 Å². The van der Waals surface area contributed by atoms with Gasteiger partial charge in [-0.3, -0.25) is 4.98 Å². The molecule has 1 unspecified atom stereocenters. The maximum Gasteiger partial charge on any atom is 0.245 e. The average Bonchev–Trinajstić information content (AvgIpc) is 2.83. The van der Waals surface area contributed by atoms with E-state index in [9.17, 15) is 16.8 Å². The van der Waals surface area contributed by atoms with Crippen LogP contribution in [-0.4, -0.2) is 56.6 Å². The average molecular weight is 474 g/mol. The molecule has 3 aromatic rings. The van der Waals surface area contributed by atoms with Crippen LogP contribution < -0.4 is 0 Å². The quantitative estimate of drug-likeness (QED) is 0.547. The molecule has 1 saturated heterocycles. The predicted molar refractivity (Wildman–Crippen MR) is 124 cm³/mol. The molecule has 7 nitrogen and oxygen atoms in total. The highest BCUT2D eigenvalue weighted by atomic mass is 32.2. The molecule has 32 heavy (non-hydrogen) atoms. The lowest BCUT2D eigenvalue weighted by Gasteiger charge is -2.33. The number of sulfonamides is 2. The highest BCUT2D eigenvalue weighted by Crippen LogP contribution is 2.27. The Kier molecular flexibility index (Phi) is 6.35. The van der Waals surface area contributed by atoms with Crippen LogP contribution in [0.5, 0.6) is 0 Å². The topological polar surface area (TPSA) is 87.7 Å². The van der Waals surface area contributed by atoms with Crippen LogP contribution >= 0.6 is 0 Å². The lowest BCUT2D eigenvalue weighted by Crippen LogP contribution is -2.50. The van der Waals surface area contributed by atoms with E-state index in [1.54, 1.807) is 36.5 Å². The van der Waals surface area contributed by atoms with Crippen LogP contribution in [0, 0.1) is 0 Å². The summed E-state index contributed by atoms with van der Waals surface area (Å²) in [5.41, 5.74) is 1.53. The second kappa shape index (κ2) is 8.90. The molecular weight excluding hydrogens is 446 g/mol. The predicted octanol–water partition coefficient (Wildman–Crippen LogP) is 3.44. The van der Waals surface area contributed by atoms with Crippen LogP contribution in [-0.2, 0) is 20.0 Å². The van der Waals surface area contributed by atoms with Crippen molar-refractivity contribution in [1.82, 2.24) is 13.6 Å². The van der Waals surface area contributed by atoms with Crippen LogP contribution in [0.2, 0.25) is 0 Å². The van der Waals surface area contributed by atoms with Crippen molar-refractivity contribution in [2.75, 3.05) is 26.2 Å². The molecular formula is C23H27N3O4S2. The largest absolute Gasteiger partial charge is 0.255 e. The molecule has 1 fully saturated rings. The summed E-state index contributed by atoms with van der Waals surface area (Å²) in [5, 5.41) is 0.746. The zero-order chi connectivity index (χ0) is 22.9. The maximum absolute atomic E-state index is 13.3. The number of fused-ring (bicyclic) bond motifs is 1. The molecule has 2 heterocycles. The first kappa shape index (κ1) is 22.8. The van der Waals surface area contributed by atoms with Crippen molar-refractivity contribution in [2.24, 2.45) is 0 Å². The van der Waals surface area contributed by atoms with Crippen molar-refractivity contribution in [3.63, 3.8) is 0 Å². The van der Waals surface area contributed by atoms with Gasteiger partial charge in [-0.25, -0.2) is 16.8 Å². The first-order valence-electron chi connectivity index (χ1n) is 10.7. The Hall–Kier alpha value is -2.33. The van der Waals surface area contributed by atoms with Gasteiger partial charge < -0.3 is 0 Å². The fourth-order valence-corrected chi connectivity index (χ4v) is 6.94. The van der Waals surface area contributed by atoms with E-state index >= 15 is 0 Å². The fourth-order valence-electron chi connectivity index (χ4n) is 3.93. The maximum atomic E-state index is 13.3. The molecule has 1 aliphatic rings. The van der Waals surface area contributed by atoms with E-state index in [0.29, 0.717) is 11.4 Å². The summed E-state index contributed by atoms with van der Waals surface area (Å²) in [6.07, 6.45) is 2.55. The molecule has 0 saturated carbocycles. The second-order valence-electron chi connectivity index (χ2n) is 8.02. The summed E-state index contributed by atoms with van der Waals surface area (Å²) in [4.78, 5) is 4.63. The highest BCUT2D eigenvalue weighted by Gasteiger charge is 2.34. The third-order valence-electron chi connectivity index (χ3n) is 6.11. The van der Waals surface area contributed by atoms with Gasteiger partial charge in [-0.2, -0.15) is 8.61 Å². The van der Waals surface area contributed by atoms with E-state index in [4.69, 9.17) is 0 Å². The molecule has 0 bridgehead atoms. The second-order valence-corrected chi connectivity index (χ2v) is 11.9. The monoisotopic (exact) mass is 473 g/mol. The summed E-state index contributed by atoms with van der Waals surface area (Å²) in [6.45, 7) is 4.59. The molecule has 170 valence electrons. The van der Waals surface area contributed by atoms with Crippen LogP contribution in [0.25, 0.3) is 10.9 Å². The van der Waals surface area contributed by atoms with E-state index in [1.165, 1.54) is 8.61 Å². The zero-order valence-corrected chi connectivity index (χ0v) is 19.8. The Labute approximate surface area is 189 Å². The number of hydrogen-bond acceptors (Lipinski definition) is 5. The van der Waals surface area contributed by atoms with Gasteiger partial charge in [0, 0.05) is 37.8 Å². The first-order chi connectivity index (χ1) is 15.2. The minimum absolute atomic E-state index is 0.0930. The molecule has 1 aromatic heterocycles. The molecule has 1 atom stereocenters. The lowest BCUT2D eigenvalue weighted by atomic mass is 9.99. The van der Waals surface area contributed by atoms with Gasteiger partial charge in [0.25, 0.3) is 0 Å². The molecule has 0 N–H and O–H groups in total. The minimum atomic E-state index is -3.79. The van der Waals surface area contributed by atoms with Crippen LogP contribution in [0.15, 0.2) is 70.6 Å². The third kappa shape index (κ3) is 4.17. The molecule has 0 radical (unpaired) electrons. The number of pyridine rings is 1. The first-order valence-corrected chi connectivity index (χ1v) is 13.6. The van der Waals surface area contributed by atoms with E-state index in [0.717, 1.165) is 17.4 Å². The number of benzene rings is 2. The summed E-state index contributed by atoms with van der Waals surface area (Å²) in [6, 6.07) is 15.6. The molecule has 0 aliphatic carbocycles. The Morgan fingerprint density at radius 2 is 1.44 bits per heavy atom. The van der Waals surface area contributed by atoms with E-state index in [2.05, 4.69) is 18.8 Å². The lowest BCUT2D eigenvalue weighted by molar-refractivity contribution is 0.273. The smallest absolute Gasteiger partial charge is 0.245 e. The van der Waals surface area contributed by atoms with E-state index in [1.807, 2.05) is 24.3 Å². The normalized spacial score (nSPS) is 17.4. The number of para-hydroxylation sites is 1. The van der Waals surface area contributed by atoms with E-state index < -0.39 is 20.0 Å². The van der Waals surface area contributed by atoms with Crippen molar-refractivity contribution in [1.29, 1.82) is 0 Å². The van der Waals surface area contributed by atoms with Gasteiger partial charge in [-0.15, -0.1) is 0 Å². The minimum Gasteiger partial charge on any atom is -0.255 e. The molecule has 0 amide bonds. The van der Waals surface area contributed by atoms with Gasteiger partial charge in [-0.1, -0.05) is 44.2 Å². The molecule has 9 heteroatoms. The highest BCUT2D eigenvalue weighted by molar-refractivity contribution is 7.89. The fraction of sp³-hybridized carbons (Fsp3) is 0.348. The summed E-state index contributed by atoms with van der Waals surface area (Å²) >= 11 is 0. The Balaban J connectivity index is 1.52. The number of hydrogen-bond donors (Lipinski definition) is 0. The van der Waals surface area contributed by atoms with Gasteiger partial charge in [0.2, 0.25) is 20.0 Å². The van der Waals surface area contributed by atoms with Crippen molar-refractivity contribution in [2.45, 2.75) is 36.0 Å². The third-order valence-corrected chi connectivity index (χ3v) is 9.95. The van der Waals surface area contributed by atoms with Crippen molar-refractivity contribution >= 4 is 30.9 Å². The summed E-state index contributed by atoms with van der Waals surface area (Å²) < 4.78 is 55.4. The molecule has 2 aromatic carbocycles. The summed E-state index contributed by atoms with van der Waals surface area (Å²) in [5.74, 6) is 0.365. The van der Waals surface area contributed by atoms with Crippen LogP contribution in [0.1, 0.15) is 31.7 Å². The van der Waals surface area contributed by atoms with Crippen LogP contribution in [0.4, 0.5) is 0 Å². The molecule has 4 rings (SSSR count). The molecule has 0 spiro atoms. The Morgan fingerprint density at radius 1 is 0.844 bits per heavy atom. The van der Waals surface area contributed by atoms with Gasteiger partial charge in [0.15, 0.2) is 0 Å². The van der Waals surface area contributed by atoms with Crippen LogP contribution in [0.3, 0.4) is 0 Å². The van der Waals surface area contributed by atoms with Crippen molar-refractivity contribution in [3.05, 3.63) is 66.4 Å². The summed E-state index contributed by atoms with van der Waals surface area (Å²) in [7, 11) is -7.47. The zero-order valence-electron chi connectivity index (χ0n) is 18.2. The number of rotatable bonds is 6. The SMILES string of the molecule is CCC(C)c1ccc(S(=O)(=O)N2CCN(S(=O)(=O)c3cccc4cccnc34)CC2)cc1. The van der Waals surface area contributed by atoms with E-state index in [-0.39, 0.29) is 36.0 Å². The van der Waals surface area contributed by atoms with Gasteiger partial charge in [0.1, 0.15) is 4.90 Å². The Morgan fingerprint density at radius 3 is 2.06 bits per heavy atom.